The van der Waals surface area contributed by atoms with Crippen LogP contribution in [-0.4, -0.2) is 45.3 Å². The molecule has 1 unspecified atom stereocenters. The van der Waals surface area contributed by atoms with Crippen LogP contribution in [0.5, 0.6) is 6.01 Å². The number of nitrogens with one attached hydrogen (secondary N) is 2. The van der Waals surface area contributed by atoms with Crippen LogP contribution in [0.2, 0.25) is 0 Å². The number of rotatable bonds is 3. The summed E-state index contributed by atoms with van der Waals surface area (Å²) < 4.78 is 19.9. The molecule has 0 bridgehead atoms. The number of fused-ring (bicyclic) bond motifs is 1. The van der Waals surface area contributed by atoms with E-state index in [2.05, 4.69) is 25.6 Å². The van der Waals surface area contributed by atoms with Crippen LogP contribution in [0.25, 0.3) is 17.5 Å². The molecular formula is C24H31FN6O. The third-order valence-corrected chi connectivity index (χ3v) is 4.84. The third-order valence-electron chi connectivity index (χ3n) is 4.84. The van der Waals surface area contributed by atoms with E-state index in [4.69, 9.17) is 4.74 Å². The van der Waals surface area contributed by atoms with E-state index in [0.29, 0.717) is 18.7 Å². The van der Waals surface area contributed by atoms with Gasteiger partial charge in [0.2, 0.25) is 5.95 Å². The second-order valence-electron chi connectivity index (χ2n) is 7.23. The summed E-state index contributed by atoms with van der Waals surface area (Å²) in [5.74, 6) is 0.502. The van der Waals surface area contributed by atoms with Gasteiger partial charge in [-0.05, 0) is 62.7 Å². The van der Waals surface area contributed by atoms with Gasteiger partial charge >= 0.3 is 6.01 Å². The van der Waals surface area contributed by atoms with E-state index in [1.807, 2.05) is 49.9 Å². The summed E-state index contributed by atoms with van der Waals surface area (Å²) in [5.41, 5.74) is 2.66. The Hall–Kier alpha value is -3.26. The zero-order chi connectivity index (χ0) is 22.8. The average Bonchev–Trinajstić information content (AvgIpc) is 3.26. The van der Waals surface area contributed by atoms with E-state index in [0.717, 1.165) is 36.0 Å². The van der Waals surface area contributed by atoms with Crippen molar-refractivity contribution in [2.24, 2.45) is 0 Å². The van der Waals surface area contributed by atoms with Crippen molar-refractivity contribution in [3.8, 4) is 17.3 Å². The van der Waals surface area contributed by atoms with E-state index in [1.54, 1.807) is 18.3 Å². The van der Waals surface area contributed by atoms with Crippen LogP contribution in [-0.2, 0) is 0 Å². The van der Waals surface area contributed by atoms with E-state index in [1.165, 1.54) is 25.0 Å². The minimum absolute atomic E-state index is 0.246. The first-order valence-electron chi connectivity index (χ1n) is 11.1. The molecule has 0 saturated carbocycles. The Balaban J connectivity index is 0.000000169. The van der Waals surface area contributed by atoms with Crippen LogP contribution < -0.4 is 15.4 Å². The van der Waals surface area contributed by atoms with Gasteiger partial charge in [-0.1, -0.05) is 13.8 Å². The Morgan fingerprint density at radius 3 is 2.66 bits per heavy atom. The maximum absolute atomic E-state index is 12.8. The molecule has 7 nitrogen and oxygen atoms in total. The first-order valence-corrected chi connectivity index (χ1v) is 11.1. The van der Waals surface area contributed by atoms with Gasteiger partial charge in [-0.25, -0.2) is 14.4 Å². The molecule has 2 aromatic heterocycles. The van der Waals surface area contributed by atoms with Crippen LogP contribution in [0.4, 0.5) is 10.3 Å². The minimum Gasteiger partial charge on any atom is -0.460 e. The number of hydrogen-bond donors (Lipinski definition) is 2. The van der Waals surface area contributed by atoms with Gasteiger partial charge in [0.1, 0.15) is 12.4 Å². The molecule has 1 fully saturated rings. The number of nitrogens with zero attached hydrogens (tertiary/aromatic N) is 4. The number of anilines is 1. The van der Waals surface area contributed by atoms with Gasteiger partial charge in [0.15, 0.2) is 0 Å². The van der Waals surface area contributed by atoms with Gasteiger partial charge in [0, 0.05) is 42.4 Å². The monoisotopic (exact) mass is 438 g/mol. The predicted octanol–water partition coefficient (Wildman–Crippen LogP) is 4.53. The molecule has 170 valence electrons. The Morgan fingerprint density at radius 2 is 1.97 bits per heavy atom. The number of hydrogen-bond acceptors (Lipinski definition) is 6. The summed E-state index contributed by atoms with van der Waals surface area (Å²) in [7, 11) is 0. The number of halogens is 1. The topological polar surface area (TPSA) is 76.9 Å². The van der Waals surface area contributed by atoms with Crippen LogP contribution in [0.1, 0.15) is 32.4 Å². The molecule has 4 heterocycles. The number of imidazole rings is 1. The summed E-state index contributed by atoms with van der Waals surface area (Å²) in [5, 5.41) is 6.69. The van der Waals surface area contributed by atoms with E-state index < -0.39 is 0 Å². The molecule has 2 N–H and O–H groups in total. The lowest BCUT2D eigenvalue weighted by Crippen LogP contribution is -2.38. The predicted molar refractivity (Wildman–Crippen MR) is 126 cm³/mol. The minimum atomic E-state index is -0.246. The van der Waals surface area contributed by atoms with Crippen molar-refractivity contribution in [2.75, 3.05) is 25.0 Å². The summed E-state index contributed by atoms with van der Waals surface area (Å²) in [6, 6.07) is 9.20. The van der Waals surface area contributed by atoms with E-state index in [-0.39, 0.29) is 5.82 Å². The molecule has 2 aliphatic heterocycles. The van der Waals surface area contributed by atoms with Gasteiger partial charge in [0.25, 0.3) is 0 Å². The molecular weight excluding hydrogens is 407 g/mol. The summed E-state index contributed by atoms with van der Waals surface area (Å²) in [4.78, 5) is 12.8. The second-order valence-corrected chi connectivity index (χ2v) is 7.23. The zero-order valence-corrected chi connectivity index (χ0v) is 18.9. The largest absolute Gasteiger partial charge is 0.460 e. The van der Waals surface area contributed by atoms with Crippen LogP contribution >= 0.6 is 0 Å². The van der Waals surface area contributed by atoms with E-state index in [9.17, 15) is 4.39 Å². The Bertz CT molecular complexity index is 996. The van der Waals surface area contributed by atoms with Crippen LogP contribution in [0.15, 0.2) is 48.8 Å². The normalized spacial score (nSPS) is 16.4. The maximum atomic E-state index is 12.8. The molecule has 3 aromatic rings. The highest BCUT2D eigenvalue weighted by molar-refractivity contribution is 5.60. The van der Waals surface area contributed by atoms with Crippen LogP contribution in [0.3, 0.4) is 0 Å². The van der Waals surface area contributed by atoms with Gasteiger partial charge < -0.3 is 15.4 Å². The summed E-state index contributed by atoms with van der Waals surface area (Å²) in [6.07, 6.45) is 9.88. The highest BCUT2D eigenvalue weighted by Gasteiger charge is 2.13. The second kappa shape index (κ2) is 12.0. The van der Waals surface area contributed by atoms with Gasteiger partial charge in [-0.3, -0.25) is 4.57 Å². The highest BCUT2D eigenvalue weighted by Crippen LogP contribution is 2.24. The van der Waals surface area contributed by atoms with Crippen molar-refractivity contribution in [3.63, 3.8) is 0 Å². The molecule has 0 aliphatic carbocycles. The van der Waals surface area contributed by atoms with Crippen molar-refractivity contribution in [2.45, 2.75) is 39.7 Å². The van der Waals surface area contributed by atoms with Crippen molar-refractivity contribution >= 4 is 12.1 Å². The number of piperidine rings is 1. The molecule has 0 radical (unpaired) electrons. The zero-order valence-electron chi connectivity index (χ0n) is 18.9. The lowest BCUT2D eigenvalue weighted by atomic mass is 10.1. The summed E-state index contributed by atoms with van der Waals surface area (Å²) in [6.45, 7) is 8.66. The molecule has 2 aliphatic rings. The lowest BCUT2D eigenvalue weighted by Gasteiger charge is -2.23. The molecule has 0 amide bonds. The fraction of sp³-hybridized carbons (Fsp3) is 0.375. The average molecular weight is 439 g/mol. The van der Waals surface area contributed by atoms with Crippen molar-refractivity contribution in [3.05, 3.63) is 60.3 Å². The number of benzene rings is 1. The first-order chi connectivity index (χ1) is 15.7. The molecule has 8 heteroatoms. The Labute approximate surface area is 188 Å². The lowest BCUT2D eigenvalue weighted by molar-refractivity contribution is 0.322. The molecule has 1 aromatic carbocycles. The third kappa shape index (κ3) is 6.62. The maximum Gasteiger partial charge on any atom is 0.301 e. The van der Waals surface area contributed by atoms with Gasteiger partial charge in [-0.2, -0.15) is 4.98 Å². The van der Waals surface area contributed by atoms with Crippen molar-refractivity contribution in [1.82, 2.24) is 24.8 Å². The van der Waals surface area contributed by atoms with E-state index >= 15 is 0 Å². The highest BCUT2D eigenvalue weighted by atomic mass is 19.1. The van der Waals surface area contributed by atoms with Crippen molar-refractivity contribution in [1.29, 1.82) is 0 Å². The fourth-order valence-corrected chi connectivity index (χ4v) is 3.31. The first kappa shape index (κ1) is 23.4. The van der Waals surface area contributed by atoms with Gasteiger partial charge in [0.05, 0.1) is 5.69 Å². The number of aryl methyl sites for hydroxylation is 1. The van der Waals surface area contributed by atoms with Gasteiger partial charge in [-0.15, -0.1) is 0 Å². The number of ether oxygens (including phenoxy) is 1. The SMILES string of the molecule is CC.Cc1ccnc(NC2CCCNC2)n1.Fc1ccc(-c2cn3c(n2)OCC=C3)cc1. The smallest absolute Gasteiger partial charge is 0.301 e. The molecule has 32 heavy (non-hydrogen) atoms. The Morgan fingerprint density at radius 1 is 1.16 bits per heavy atom. The fourth-order valence-electron chi connectivity index (χ4n) is 3.31. The summed E-state index contributed by atoms with van der Waals surface area (Å²) >= 11 is 0. The molecule has 1 saturated heterocycles. The quantitative estimate of drug-likeness (QED) is 0.626. The molecule has 0 spiro atoms. The standard InChI is InChI=1S/C12H9FN2O.C10H16N4.C2H6/c13-10-4-2-9(3-5-10)11-8-15-6-1-7-16-12(15)14-11;1-8-4-6-12-10(13-8)14-9-3-2-5-11-7-9;1-2/h1-6,8H,7H2;4,6,9,11H,2-3,5,7H2,1H3,(H,12,13,14);1-2H3. The van der Waals surface area contributed by atoms with Crippen molar-refractivity contribution < 1.29 is 9.13 Å². The van der Waals surface area contributed by atoms with Crippen LogP contribution in [0, 0.1) is 12.7 Å². The Kier molecular flexibility index (Phi) is 8.74. The molecule has 1 atom stereocenters. The number of aromatic nitrogens is 4. The molecule has 5 rings (SSSR count).